The number of urea groups is 1. The van der Waals surface area contributed by atoms with Gasteiger partial charge in [0.15, 0.2) is 0 Å². The largest absolute Gasteiger partial charge is 0.335 e. The number of benzene rings is 1. The van der Waals surface area contributed by atoms with Crippen molar-refractivity contribution in [1.82, 2.24) is 9.80 Å². The van der Waals surface area contributed by atoms with E-state index in [1.54, 1.807) is 9.80 Å². The highest BCUT2D eigenvalue weighted by Gasteiger charge is 2.63. The van der Waals surface area contributed by atoms with Gasteiger partial charge in [-0.25, -0.2) is 14.1 Å². The minimum Gasteiger partial charge on any atom is -0.335 e. The van der Waals surface area contributed by atoms with Crippen molar-refractivity contribution in [1.29, 1.82) is 5.26 Å². The molecule has 0 spiro atoms. The van der Waals surface area contributed by atoms with Crippen LogP contribution in [-0.4, -0.2) is 52.3 Å². The van der Waals surface area contributed by atoms with E-state index in [0.29, 0.717) is 13.0 Å². The van der Waals surface area contributed by atoms with E-state index in [1.807, 2.05) is 6.07 Å². The Bertz CT molecular complexity index is 922. The molecule has 0 N–H and O–H groups in total. The molecule has 1 aliphatic carbocycles. The summed E-state index contributed by atoms with van der Waals surface area (Å²) in [6, 6.07) is 4.68. The highest BCUT2D eigenvalue weighted by atomic mass is 19.1. The van der Waals surface area contributed by atoms with E-state index in [9.17, 15) is 18.8 Å². The Morgan fingerprint density at radius 3 is 2.74 bits per heavy atom. The Hall–Kier alpha value is -2.95. The van der Waals surface area contributed by atoms with E-state index in [1.165, 1.54) is 18.2 Å². The van der Waals surface area contributed by atoms with Gasteiger partial charge in [-0.1, -0.05) is 0 Å². The fourth-order valence-electron chi connectivity index (χ4n) is 4.65. The van der Waals surface area contributed by atoms with Crippen LogP contribution in [0.1, 0.15) is 30.4 Å². The molecule has 2 bridgehead atoms. The first kappa shape index (κ1) is 16.2. The number of rotatable bonds is 3. The Morgan fingerprint density at radius 1 is 1.30 bits per heavy atom. The second-order valence-electron chi connectivity index (χ2n) is 7.62. The lowest BCUT2D eigenvalue weighted by molar-refractivity contribution is -0.136. The smallest absolute Gasteiger partial charge is 0.332 e. The third-order valence-electron chi connectivity index (χ3n) is 6.09. The lowest BCUT2D eigenvalue weighted by atomic mass is 10.1. The summed E-state index contributed by atoms with van der Waals surface area (Å²) < 4.78 is 13.2. The van der Waals surface area contributed by atoms with E-state index in [2.05, 4.69) is 0 Å². The SMILES string of the molecule is N#Cc1ccc(N2C(=O)[C@@H]3C4C[C@H](CN4C(=O)C4CC4)N3C2=O)cc1CF. The average molecular weight is 368 g/mol. The number of likely N-dealkylation sites (tertiary alicyclic amines) is 1. The molecular weight excluding hydrogens is 351 g/mol. The molecule has 8 heteroatoms. The molecule has 138 valence electrons. The number of imide groups is 1. The molecule has 3 saturated heterocycles. The van der Waals surface area contributed by atoms with Crippen molar-refractivity contribution in [2.75, 3.05) is 11.4 Å². The predicted molar refractivity (Wildman–Crippen MR) is 91.1 cm³/mol. The maximum absolute atomic E-state index is 13.2. The van der Waals surface area contributed by atoms with E-state index >= 15 is 0 Å². The fraction of sp³-hybridized carbons (Fsp3) is 0.474. The zero-order valence-corrected chi connectivity index (χ0v) is 14.5. The molecule has 3 heterocycles. The molecule has 0 radical (unpaired) electrons. The number of alkyl halides is 1. The van der Waals surface area contributed by atoms with E-state index in [4.69, 9.17) is 5.26 Å². The van der Waals surface area contributed by atoms with Gasteiger partial charge in [-0.2, -0.15) is 5.26 Å². The summed E-state index contributed by atoms with van der Waals surface area (Å²) in [5, 5.41) is 9.04. The van der Waals surface area contributed by atoms with Crippen LogP contribution in [0.15, 0.2) is 18.2 Å². The van der Waals surface area contributed by atoms with Gasteiger partial charge in [-0.05, 0) is 37.5 Å². The summed E-state index contributed by atoms with van der Waals surface area (Å²) in [4.78, 5) is 42.9. The third kappa shape index (κ3) is 2.14. The molecule has 1 unspecified atom stereocenters. The second kappa shape index (κ2) is 5.52. The predicted octanol–water partition coefficient (Wildman–Crippen LogP) is 1.56. The van der Waals surface area contributed by atoms with Gasteiger partial charge in [0.25, 0.3) is 5.91 Å². The number of fused-ring (bicyclic) bond motifs is 5. The van der Waals surface area contributed by atoms with Crippen LogP contribution in [0.5, 0.6) is 0 Å². The third-order valence-corrected chi connectivity index (χ3v) is 6.09. The van der Waals surface area contributed by atoms with Crippen molar-refractivity contribution >= 4 is 23.5 Å². The van der Waals surface area contributed by atoms with Crippen LogP contribution in [0.2, 0.25) is 0 Å². The second-order valence-corrected chi connectivity index (χ2v) is 7.62. The molecule has 4 amide bonds. The maximum Gasteiger partial charge on any atom is 0.332 e. The summed E-state index contributed by atoms with van der Waals surface area (Å²) in [6.45, 7) is -0.374. The quantitative estimate of drug-likeness (QED) is 0.758. The van der Waals surface area contributed by atoms with Gasteiger partial charge < -0.3 is 9.80 Å². The van der Waals surface area contributed by atoms with Crippen LogP contribution in [0.25, 0.3) is 0 Å². The Balaban J connectivity index is 1.47. The van der Waals surface area contributed by atoms with Crippen LogP contribution in [-0.2, 0) is 16.3 Å². The van der Waals surface area contributed by atoms with Gasteiger partial charge >= 0.3 is 6.03 Å². The minimum atomic E-state index is -0.852. The molecule has 1 saturated carbocycles. The molecule has 5 rings (SSSR count). The molecule has 3 atom stereocenters. The van der Waals surface area contributed by atoms with Crippen molar-refractivity contribution in [3.63, 3.8) is 0 Å². The van der Waals surface area contributed by atoms with Crippen molar-refractivity contribution in [3.8, 4) is 6.07 Å². The van der Waals surface area contributed by atoms with Gasteiger partial charge in [0.1, 0.15) is 12.7 Å². The molecule has 4 fully saturated rings. The van der Waals surface area contributed by atoms with Crippen molar-refractivity contribution in [2.24, 2.45) is 5.92 Å². The summed E-state index contributed by atoms with van der Waals surface area (Å²) in [7, 11) is 0. The first-order chi connectivity index (χ1) is 13.0. The molecule has 1 aromatic carbocycles. The standard InChI is InChI=1S/C19H17FN4O3/c20-7-12-5-13(4-3-11(12)8-21)24-18(26)16-15-6-14(23(16)19(24)27)9-22(15)17(25)10-1-2-10/h3-5,10,14-16H,1-2,6-7,9H2/t14-,15?,16+/m1/s1. The number of amides is 4. The highest BCUT2D eigenvalue weighted by molar-refractivity contribution is 6.22. The lowest BCUT2D eigenvalue weighted by Gasteiger charge is -2.35. The summed E-state index contributed by atoms with van der Waals surface area (Å²) >= 11 is 0. The maximum atomic E-state index is 13.2. The minimum absolute atomic E-state index is 0.0757. The van der Waals surface area contributed by atoms with E-state index in [0.717, 1.165) is 17.7 Å². The molecular formula is C19H17FN4O3. The number of halogens is 1. The van der Waals surface area contributed by atoms with Crippen LogP contribution >= 0.6 is 0 Å². The lowest BCUT2D eigenvalue weighted by Crippen LogP contribution is -2.55. The zero-order valence-electron chi connectivity index (χ0n) is 14.5. The first-order valence-corrected chi connectivity index (χ1v) is 9.11. The molecule has 1 aromatic rings. The first-order valence-electron chi connectivity index (χ1n) is 9.11. The molecule has 7 nitrogen and oxygen atoms in total. The van der Waals surface area contributed by atoms with Gasteiger partial charge in [-0.3, -0.25) is 9.59 Å². The van der Waals surface area contributed by atoms with Crippen LogP contribution in [0.4, 0.5) is 14.9 Å². The van der Waals surface area contributed by atoms with Crippen LogP contribution in [0.3, 0.4) is 0 Å². The molecule has 0 aromatic heterocycles. The van der Waals surface area contributed by atoms with Crippen LogP contribution in [0, 0.1) is 17.2 Å². The van der Waals surface area contributed by atoms with Crippen molar-refractivity contribution < 1.29 is 18.8 Å². The number of hydrogen-bond donors (Lipinski definition) is 0. The highest BCUT2D eigenvalue weighted by Crippen LogP contribution is 2.44. The number of piperazine rings is 1. The summed E-state index contributed by atoms with van der Waals surface area (Å²) in [6.07, 6.45) is 2.44. The van der Waals surface area contributed by atoms with E-state index < -0.39 is 18.7 Å². The fourth-order valence-corrected chi connectivity index (χ4v) is 4.65. The van der Waals surface area contributed by atoms with Gasteiger partial charge in [0, 0.05) is 18.0 Å². The van der Waals surface area contributed by atoms with Gasteiger partial charge in [-0.15, -0.1) is 0 Å². The number of carbonyl (C=O) groups excluding carboxylic acids is 3. The van der Waals surface area contributed by atoms with Crippen molar-refractivity contribution in [2.45, 2.75) is 44.1 Å². The average Bonchev–Trinajstić information content (AvgIpc) is 3.27. The molecule has 4 aliphatic rings. The number of nitrogens with zero attached hydrogens (tertiary/aromatic N) is 4. The van der Waals surface area contributed by atoms with Crippen molar-refractivity contribution in [3.05, 3.63) is 29.3 Å². The molecule has 27 heavy (non-hydrogen) atoms. The van der Waals surface area contributed by atoms with Gasteiger partial charge in [0.05, 0.1) is 29.4 Å². The normalized spacial score (nSPS) is 28.7. The molecule has 3 aliphatic heterocycles. The number of carbonyl (C=O) groups is 3. The number of hydrogen-bond acceptors (Lipinski definition) is 4. The number of nitriles is 1. The summed E-state index contributed by atoms with van der Waals surface area (Å²) in [5.74, 6) is -0.207. The Kier molecular flexibility index (Phi) is 3.32. The summed E-state index contributed by atoms with van der Waals surface area (Å²) in [5.41, 5.74) is 0.601. The Labute approximate surface area is 154 Å². The van der Waals surface area contributed by atoms with E-state index in [-0.39, 0.29) is 46.6 Å². The van der Waals surface area contributed by atoms with Gasteiger partial charge in [0.2, 0.25) is 5.91 Å². The monoisotopic (exact) mass is 368 g/mol. The Morgan fingerprint density at radius 2 is 2.07 bits per heavy atom. The van der Waals surface area contributed by atoms with Crippen LogP contribution < -0.4 is 4.90 Å². The zero-order chi connectivity index (χ0) is 18.9. The topological polar surface area (TPSA) is 84.7 Å². The number of anilines is 1.